The van der Waals surface area contributed by atoms with Crippen LogP contribution < -0.4 is 11.1 Å². The van der Waals surface area contributed by atoms with E-state index in [0.717, 1.165) is 5.56 Å². The average molecular weight is 322 g/mol. The van der Waals surface area contributed by atoms with Gasteiger partial charge in [0.25, 0.3) is 0 Å². The Morgan fingerprint density at radius 2 is 1.87 bits per heavy atom. The Kier molecular flexibility index (Phi) is 6.42. The van der Waals surface area contributed by atoms with E-state index >= 15 is 0 Å². The summed E-state index contributed by atoms with van der Waals surface area (Å²) < 4.78 is 10.2. The number of rotatable bonds is 5. The molecule has 0 spiro atoms. The molecule has 128 valence electrons. The standard InChI is InChI=1S/C17H26N2O4/c1-7-22-16(20)14-12(9(2)3)8-13(18)11(6)15(14)19-17(21)23-10(4)5/h8-10H,7,18H2,1-6H3,(H,19,21). The number of nitrogen functional groups attached to an aromatic ring is 1. The van der Waals surface area contributed by atoms with Gasteiger partial charge in [-0.2, -0.15) is 0 Å². The van der Waals surface area contributed by atoms with Crippen molar-refractivity contribution in [3.63, 3.8) is 0 Å². The Balaban J connectivity index is 3.44. The van der Waals surface area contributed by atoms with Gasteiger partial charge in [-0.15, -0.1) is 0 Å². The molecule has 0 unspecified atom stereocenters. The summed E-state index contributed by atoms with van der Waals surface area (Å²) in [6.45, 7) is 11.1. The van der Waals surface area contributed by atoms with Crippen molar-refractivity contribution in [2.75, 3.05) is 17.7 Å². The molecule has 1 rings (SSSR count). The zero-order valence-electron chi connectivity index (χ0n) is 14.6. The first kappa shape index (κ1) is 18.8. The molecule has 6 nitrogen and oxygen atoms in total. The highest BCUT2D eigenvalue weighted by molar-refractivity contribution is 6.03. The highest BCUT2D eigenvalue weighted by Crippen LogP contribution is 2.34. The van der Waals surface area contributed by atoms with E-state index in [1.807, 2.05) is 13.8 Å². The lowest BCUT2D eigenvalue weighted by atomic mass is 9.92. The van der Waals surface area contributed by atoms with Crippen molar-refractivity contribution in [2.24, 2.45) is 0 Å². The summed E-state index contributed by atoms with van der Waals surface area (Å²) >= 11 is 0. The Labute approximate surface area is 137 Å². The second kappa shape index (κ2) is 7.85. The minimum atomic E-state index is -0.631. The Bertz CT molecular complexity index is 595. The molecule has 0 bridgehead atoms. The van der Waals surface area contributed by atoms with Gasteiger partial charge in [-0.25, -0.2) is 9.59 Å². The molecule has 0 aliphatic carbocycles. The van der Waals surface area contributed by atoms with Crippen molar-refractivity contribution in [1.82, 2.24) is 0 Å². The van der Waals surface area contributed by atoms with Crippen LogP contribution in [-0.4, -0.2) is 24.8 Å². The number of nitrogens with one attached hydrogen (secondary N) is 1. The number of hydrogen-bond donors (Lipinski definition) is 2. The number of nitrogens with two attached hydrogens (primary N) is 1. The first-order valence-electron chi connectivity index (χ1n) is 7.76. The van der Waals surface area contributed by atoms with E-state index in [1.54, 1.807) is 33.8 Å². The van der Waals surface area contributed by atoms with E-state index in [9.17, 15) is 9.59 Å². The first-order valence-corrected chi connectivity index (χ1v) is 7.76. The fraction of sp³-hybridized carbons (Fsp3) is 0.529. The molecule has 0 saturated heterocycles. The fourth-order valence-electron chi connectivity index (χ4n) is 2.20. The third-order valence-electron chi connectivity index (χ3n) is 3.33. The normalized spacial score (nSPS) is 10.8. The van der Waals surface area contributed by atoms with Crippen molar-refractivity contribution >= 4 is 23.4 Å². The van der Waals surface area contributed by atoms with Crippen LogP contribution in [-0.2, 0) is 9.47 Å². The van der Waals surface area contributed by atoms with E-state index in [2.05, 4.69) is 5.32 Å². The fourth-order valence-corrected chi connectivity index (χ4v) is 2.20. The summed E-state index contributed by atoms with van der Waals surface area (Å²) in [5.41, 5.74) is 8.55. The van der Waals surface area contributed by atoms with Crippen molar-refractivity contribution in [3.05, 3.63) is 22.8 Å². The molecule has 0 saturated carbocycles. The van der Waals surface area contributed by atoms with Gasteiger partial charge >= 0.3 is 12.1 Å². The minimum Gasteiger partial charge on any atom is -0.462 e. The predicted octanol–water partition coefficient (Wildman–Crippen LogP) is 3.83. The highest BCUT2D eigenvalue weighted by Gasteiger charge is 2.24. The van der Waals surface area contributed by atoms with Crippen LogP contribution in [0.5, 0.6) is 0 Å². The largest absolute Gasteiger partial charge is 0.462 e. The molecule has 1 amide bonds. The Morgan fingerprint density at radius 3 is 2.35 bits per heavy atom. The van der Waals surface area contributed by atoms with Crippen LogP contribution in [0.2, 0.25) is 0 Å². The van der Waals surface area contributed by atoms with Gasteiger partial charge in [-0.05, 0) is 50.8 Å². The third-order valence-corrected chi connectivity index (χ3v) is 3.33. The molecule has 0 aliphatic heterocycles. The van der Waals surface area contributed by atoms with Crippen molar-refractivity contribution < 1.29 is 19.1 Å². The van der Waals surface area contributed by atoms with Crippen LogP contribution in [0.1, 0.15) is 62.0 Å². The van der Waals surface area contributed by atoms with Gasteiger partial charge in [0.05, 0.1) is 24.0 Å². The molecule has 1 aromatic carbocycles. The lowest BCUT2D eigenvalue weighted by Gasteiger charge is -2.21. The summed E-state index contributed by atoms with van der Waals surface area (Å²) in [5.74, 6) is -0.446. The second-order valence-electron chi connectivity index (χ2n) is 5.88. The van der Waals surface area contributed by atoms with E-state index in [1.165, 1.54) is 0 Å². The zero-order valence-corrected chi connectivity index (χ0v) is 14.6. The molecule has 3 N–H and O–H groups in total. The molecule has 6 heteroatoms. The van der Waals surface area contributed by atoms with Crippen LogP contribution in [0.3, 0.4) is 0 Å². The first-order chi connectivity index (χ1) is 10.7. The maximum atomic E-state index is 12.4. The monoisotopic (exact) mass is 322 g/mol. The summed E-state index contributed by atoms with van der Waals surface area (Å²) in [7, 11) is 0. The van der Waals surface area contributed by atoms with E-state index in [0.29, 0.717) is 22.5 Å². The van der Waals surface area contributed by atoms with E-state index < -0.39 is 12.1 Å². The van der Waals surface area contributed by atoms with Crippen molar-refractivity contribution in [3.8, 4) is 0 Å². The van der Waals surface area contributed by atoms with Gasteiger partial charge in [0.2, 0.25) is 0 Å². The Morgan fingerprint density at radius 1 is 1.26 bits per heavy atom. The van der Waals surface area contributed by atoms with Crippen molar-refractivity contribution in [1.29, 1.82) is 0 Å². The maximum Gasteiger partial charge on any atom is 0.411 e. The van der Waals surface area contributed by atoms with Crippen LogP contribution >= 0.6 is 0 Å². The van der Waals surface area contributed by atoms with Gasteiger partial charge < -0.3 is 15.2 Å². The molecule has 0 aliphatic rings. The molecule has 0 radical (unpaired) electrons. The number of ether oxygens (including phenoxy) is 2. The van der Waals surface area contributed by atoms with Gasteiger partial charge in [-0.3, -0.25) is 5.32 Å². The number of carbonyl (C=O) groups excluding carboxylic acids is 2. The number of amides is 1. The number of carbonyl (C=O) groups is 2. The van der Waals surface area contributed by atoms with Crippen LogP contribution in [0.15, 0.2) is 6.07 Å². The molecular formula is C17H26N2O4. The lowest BCUT2D eigenvalue weighted by molar-refractivity contribution is 0.0526. The number of hydrogen-bond acceptors (Lipinski definition) is 5. The van der Waals surface area contributed by atoms with Gasteiger partial charge in [0.1, 0.15) is 0 Å². The summed E-state index contributed by atoms with van der Waals surface area (Å²) in [6, 6.07) is 1.76. The van der Waals surface area contributed by atoms with E-state index in [4.69, 9.17) is 15.2 Å². The smallest absolute Gasteiger partial charge is 0.411 e. The molecule has 1 aromatic rings. The molecule has 0 heterocycles. The topological polar surface area (TPSA) is 90.6 Å². The number of esters is 1. The highest BCUT2D eigenvalue weighted by atomic mass is 16.6. The summed E-state index contributed by atoms with van der Waals surface area (Å²) in [6.07, 6.45) is -0.902. The van der Waals surface area contributed by atoms with Gasteiger partial charge in [0.15, 0.2) is 0 Å². The summed E-state index contributed by atoms with van der Waals surface area (Å²) in [5, 5.41) is 2.64. The molecule has 0 fully saturated rings. The summed E-state index contributed by atoms with van der Waals surface area (Å²) in [4.78, 5) is 24.4. The van der Waals surface area contributed by atoms with E-state index in [-0.39, 0.29) is 18.6 Å². The van der Waals surface area contributed by atoms with Crippen LogP contribution in [0.25, 0.3) is 0 Å². The third kappa shape index (κ3) is 4.61. The lowest BCUT2D eigenvalue weighted by Crippen LogP contribution is -2.22. The quantitative estimate of drug-likeness (QED) is 0.635. The molecular weight excluding hydrogens is 296 g/mol. The predicted molar refractivity (Wildman–Crippen MR) is 90.9 cm³/mol. The number of benzene rings is 1. The zero-order chi connectivity index (χ0) is 17.7. The number of anilines is 2. The molecule has 0 aromatic heterocycles. The minimum absolute atomic E-state index is 0.0407. The SMILES string of the molecule is CCOC(=O)c1c(C(C)C)cc(N)c(C)c1NC(=O)OC(C)C. The maximum absolute atomic E-state index is 12.4. The van der Waals surface area contributed by atoms with Crippen LogP contribution in [0, 0.1) is 6.92 Å². The Hall–Kier alpha value is -2.24. The van der Waals surface area contributed by atoms with Gasteiger partial charge in [-0.1, -0.05) is 13.8 Å². The average Bonchev–Trinajstić information content (AvgIpc) is 2.42. The van der Waals surface area contributed by atoms with Crippen molar-refractivity contribution in [2.45, 2.75) is 53.6 Å². The second-order valence-corrected chi connectivity index (χ2v) is 5.88. The molecule has 23 heavy (non-hydrogen) atoms. The molecule has 0 atom stereocenters. The van der Waals surface area contributed by atoms with Gasteiger partial charge in [0, 0.05) is 5.69 Å². The van der Waals surface area contributed by atoms with Crippen LogP contribution in [0.4, 0.5) is 16.2 Å².